The van der Waals surface area contributed by atoms with Crippen LogP contribution >= 0.6 is 0 Å². The average Bonchev–Trinajstić information content (AvgIpc) is 3.77. The molecule has 25 heteroatoms. The Morgan fingerprint density at radius 3 is 2.00 bits per heavy atom. The third-order valence-corrected chi connectivity index (χ3v) is 11.1. The fourth-order valence-corrected chi connectivity index (χ4v) is 6.99. The minimum Gasteiger partial charge on any atom is -0.391 e. The third kappa shape index (κ3) is 29.3. The smallest absolute Gasteiger partial charge is 0.333 e. The lowest BCUT2D eigenvalue weighted by Crippen LogP contribution is -2.60. The van der Waals surface area contributed by atoms with Crippen molar-refractivity contribution in [3.8, 4) is 0 Å². The Kier molecular flexibility index (Phi) is 32.2. The number of nitrogens with one attached hydrogen (secondary N) is 10. The van der Waals surface area contributed by atoms with Crippen LogP contribution in [0.15, 0.2) is 72.9 Å². The first kappa shape index (κ1) is 69.0. The third-order valence-electron chi connectivity index (χ3n) is 11.1. The summed E-state index contributed by atoms with van der Waals surface area (Å²) in [6, 6.07) is 14.7. The number of fused-ring (bicyclic) bond motifs is 1. The number of nitrogens with two attached hydrogens (primary N) is 2. The van der Waals surface area contributed by atoms with E-state index < -0.39 is 71.7 Å². The van der Waals surface area contributed by atoms with Gasteiger partial charge in [-0.05, 0) is 87.1 Å². The van der Waals surface area contributed by atoms with Crippen molar-refractivity contribution in [1.82, 2.24) is 58.0 Å². The minimum absolute atomic E-state index is 0.0202. The largest absolute Gasteiger partial charge is 0.391 e. The molecule has 0 radical (unpaired) electrons. The van der Waals surface area contributed by atoms with Crippen molar-refractivity contribution >= 4 is 64.7 Å². The number of likely N-dealkylation sites (tertiary alicyclic amines) is 1. The van der Waals surface area contributed by atoms with Crippen molar-refractivity contribution in [3.05, 3.63) is 107 Å². The molecule has 0 saturated carbocycles. The summed E-state index contributed by atoms with van der Waals surface area (Å²) in [4.78, 5) is 110. The van der Waals surface area contributed by atoms with E-state index in [-0.39, 0.29) is 49.7 Å². The summed E-state index contributed by atoms with van der Waals surface area (Å²) in [5, 5.41) is 29.6. The van der Waals surface area contributed by atoms with Gasteiger partial charge in [-0.1, -0.05) is 76.6 Å². The molecular weight excluding hydrogens is 1030 g/mol. The number of aromatic nitrogens is 1. The van der Waals surface area contributed by atoms with Crippen LogP contribution in [0, 0.1) is 25.5 Å². The molecule has 1 saturated heterocycles. The number of benzene rings is 3. The molecule has 0 spiro atoms. The molecule has 1 fully saturated rings. The van der Waals surface area contributed by atoms with Crippen LogP contribution in [-0.4, -0.2) is 138 Å². The Morgan fingerprint density at radius 1 is 0.797 bits per heavy atom. The average molecular weight is 1110 g/mol. The van der Waals surface area contributed by atoms with E-state index in [2.05, 4.69) is 103 Å². The monoisotopic (exact) mass is 1110 g/mol. The molecule has 1 aromatic heterocycles. The normalized spacial score (nSPS) is 13.2. The molecule has 2 heterocycles. The van der Waals surface area contributed by atoms with Crippen LogP contribution in [0.4, 0.5) is 13.6 Å². The van der Waals surface area contributed by atoms with Crippen LogP contribution in [0.1, 0.15) is 90.0 Å². The van der Waals surface area contributed by atoms with E-state index in [1.807, 2.05) is 33.0 Å². The Bertz CT molecular complexity index is 2590. The molecule has 1 aliphatic rings. The first-order valence-corrected chi connectivity index (χ1v) is 25.6. The number of aliphatic hydroxyl groups excluding tert-OH is 1. The number of urea groups is 1. The number of primary amides is 2. The van der Waals surface area contributed by atoms with Gasteiger partial charge < -0.3 is 63.7 Å². The molecule has 0 bridgehead atoms. The second-order valence-electron chi connectivity index (χ2n) is 19.0. The van der Waals surface area contributed by atoms with Gasteiger partial charge in [0.1, 0.15) is 23.7 Å². The van der Waals surface area contributed by atoms with E-state index in [4.69, 9.17) is 0 Å². The van der Waals surface area contributed by atoms with Gasteiger partial charge in [0, 0.05) is 61.7 Å². The summed E-state index contributed by atoms with van der Waals surface area (Å²) in [6.07, 6.45) is 3.06. The molecule has 10 amide bonds. The maximum Gasteiger partial charge on any atom is 0.333 e. The number of aliphatic hydroxyl groups is 1. The highest BCUT2D eigenvalue weighted by atomic mass is 19.1. The maximum absolute atomic E-state index is 13.9. The molecular formula is C54H81F2N13O10. The second kappa shape index (κ2) is 36.9. The van der Waals surface area contributed by atoms with E-state index in [1.165, 1.54) is 61.0 Å². The Balaban J connectivity index is 0.00000106. The first-order chi connectivity index (χ1) is 37.2. The molecule has 4 aromatic rings. The summed E-state index contributed by atoms with van der Waals surface area (Å²) in [7, 11) is 0. The highest BCUT2D eigenvalue weighted by Gasteiger charge is 2.34. The molecule has 436 valence electrons. The number of amides is 10. The Labute approximate surface area is 460 Å². The number of carbonyl (C=O) groups excluding carboxylic acids is 9. The van der Waals surface area contributed by atoms with Gasteiger partial charge in [-0.25, -0.2) is 19.0 Å². The molecule has 5 rings (SSSR count). The zero-order valence-corrected chi connectivity index (χ0v) is 46.6. The molecule has 79 heavy (non-hydrogen) atoms. The predicted octanol–water partition coefficient (Wildman–Crippen LogP) is 1.38. The molecule has 1 aliphatic heterocycles. The lowest BCUT2D eigenvalue weighted by Gasteiger charge is -2.40. The fraction of sp³-hybridized carbons (Fsp3) is 0.463. The summed E-state index contributed by atoms with van der Waals surface area (Å²) in [5.74, 6) is -4.78. The SMILES string of the molecule is CC(N)=O.CCC.Cc1c[nH]c2ccccc12.Cc1ccc(CNCC(=O)N2CCC(C)(NC(=O)CNC(=O)NNC(=O)[C@H](Cc3cccc(F)c3)NC(=O)C(NC(=O)CNC(C)C)C(C)O)CC2)cc1F.NC(=O)CNC=O. The van der Waals surface area contributed by atoms with Crippen molar-refractivity contribution in [2.75, 3.05) is 39.3 Å². The number of hydrazine groups is 1. The number of piperidine rings is 1. The number of para-hydroxylation sites is 1. The number of rotatable bonds is 20. The summed E-state index contributed by atoms with van der Waals surface area (Å²) >= 11 is 0. The van der Waals surface area contributed by atoms with Gasteiger partial charge in [0.05, 0.1) is 32.3 Å². The summed E-state index contributed by atoms with van der Waals surface area (Å²) in [5.41, 5.74) is 16.9. The van der Waals surface area contributed by atoms with Gasteiger partial charge in [0.15, 0.2) is 0 Å². The van der Waals surface area contributed by atoms with Gasteiger partial charge >= 0.3 is 6.03 Å². The first-order valence-electron chi connectivity index (χ1n) is 25.6. The Hall–Kier alpha value is -8.03. The van der Waals surface area contributed by atoms with E-state index in [0.717, 1.165) is 11.6 Å². The van der Waals surface area contributed by atoms with Gasteiger partial charge in [-0.15, -0.1) is 0 Å². The van der Waals surface area contributed by atoms with Crippen LogP contribution in [0.2, 0.25) is 0 Å². The fourth-order valence-electron chi connectivity index (χ4n) is 6.99. The quantitative estimate of drug-likeness (QED) is 0.0441. The van der Waals surface area contributed by atoms with Crippen molar-refractivity contribution in [2.24, 2.45) is 11.5 Å². The molecule has 15 N–H and O–H groups in total. The van der Waals surface area contributed by atoms with E-state index in [1.54, 1.807) is 24.0 Å². The number of nitrogens with zero attached hydrogens (tertiary/aromatic N) is 1. The lowest BCUT2D eigenvalue weighted by molar-refractivity contribution is -0.134. The van der Waals surface area contributed by atoms with Gasteiger partial charge in [-0.2, -0.15) is 0 Å². The minimum atomic E-state index is -1.44. The molecule has 3 atom stereocenters. The molecule has 23 nitrogen and oxygen atoms in total. The van der Waals surface area contributed by atoms with E-state index in [9.17, 15) is 57.0 Å². The Morgan fingerprint density at radius 2 is 1.44 bits per heavy atom. The van der Waals surface area contributed by atoms with Crippen molar-refractivity contribution in [2.45, 2.75) is 124 Å². The van der Waals surface area contributed by atoms with E-state index >= 15 is 0 Å². The molecule has 3 aromatic carbocycles. The number of halogens is 2. The van der Waals surface area contributed by atoms with Crippen molar-refractivity contribution in [3.63, 3.8) is 0 Å². The predicted molar refractivity (Wildman–Crippen MR) is 296 cm³/mol. The zero-order chi connectivity index (χ0) is 59.7. The van der Waals surface area contributed by atoms with Gasteiger partial charge in [0.2, 0.25) is 41.9 Å². The standard InChI is InChI=1S/C37H53F2N9O7.C9H9N.C3H6N2O2.C3H8.C2H5NO/c1-22(2)41-19-30(50)44-33(24(4)49)35(54)43-29(17-25-7-6-8-27(38)15-25)34(53)46-47-36(55)42-20-31(51)45-37(5)11-13-48(14-12-37)32(52)21-40-18-26-10-9-23(3)28(39)16-26;1-7-6-10-9-5-3-2-4-8(7)9;4-3(7)1-5-2-6;1-3-2;1-2(3)4/h6-10,15-16,22,24,29,33,40-41,49H,11-14,17-21H2,1-5H3,(H,43,54)(H,44,50)(H,45,51)(H,46,53)(H2,42,47,55);2-6,10H,1H3;2H,1H2,(H2,4,7)(H,5,6);3H2,1-2H3;1H3,(H2,3,4)/t24?,29-,33?;;;;/m0..../s1. The van der Waals surface area contributed by atoms with Crippen LogP contribution in [0.5, 0.6) is 0 Å². The molecule has 2 unspecified atom stereocenters. The highest BCUT2D eigenvalue weighted by Crippen LogP contribution is 2.22. The molecule has 0 aliphatic carbocycles. The maximum atomic E-state index is 13.9. The number of H-pyrrole nitrogens is 1. The van der Waals surface area contributed by atoms with Crippen molar-refractivity contribution < 1.29 is 57.0 Å². The summed E-state index contributed by atoms with van der Waals surface area (Å²) in [6.45, 7) is 16.6. The highest BCUT2D eigenvalue weighted by molar-refractivity contribution is 5.94. The van der Waals surface area contributed by atoms with Gasteiger partial charge in [-0.3, -0.25) is 43.8 Å². The van der Waals surface area contributed by atoms with E-state index in [0.29, 0.717) is 50.0 Å². The van der Waals surface area contributed by atoms with Crippen LogP contribution < -0.4 is 59.5 Å². The number of aryl methyl sites for hydroxylation is 2. The van der Waals surface area contributed by atoms with Crippen LogP contribution in [0.3, 0.4) is 0 Å². The number of hydrogen-bond donors (Lipinski definition) is 13. The van der Waals surface area contributed by atoms with Crippen molar-refractivity contribution in [1.29, 1.82) is 0 Å². The van der Waals surface area contributed by atoms with Crippen LogP contribution in [-0.2, 0) is 51.3 Å². The number of carbonyl (C=O) groups is 9. The topological polar surface area (TPSA) is 353 Å². The summed E-state index contributed by atoms with van der Waals surface area (Å²) < 4.78 is 27.7. The van der Waals surface area contributed by atoms with Gasteiger partial charge in [0.25, 0.3) is 5.91 Å². The van der Waals surface area contributed by atoms with Crippen LogP contribution in [0.25, 0.3) is 10.9 Å². The lowest BCUT2D eigenvalue weighted by atomic mass is 9.89. The zero-order valence-electron chi connectivity index (χ0n) is 46.6. The number of aromatic amines is 1. The second-order valence-corrected chi connectivity index (χ2v) is 19.0. The number of hydrogen-bond acceptors (Lipinski definition) is 12.